The van der Waals surface area contributed by atoms with E-state index in [4.69, 9.17) is 21.1 Å². The average Bonchev–Trinajstić information content (AvgIpc) is 2.53. The van der Waals surface area contributed by atoms with Crippen LogP contribution in [0.3, 0.4) is 0 Å². The summed E-state index contributed by atoms with van der Waals surface area (Å²) in [6.07, 6.45) is 0. The number of methoxy groups -OCH3 is 2. The molecule has 0 saturated heterocycles. The van der Waals surface area contributed by atoms with Gasteiger partial charge in [0.1, 0.15) is 16.9 Å². The first kappa shape index (κ1) is 14.4. The van der Waals surface area contributed by atoms with Crippen LogP contribution in [0.1, 0.15) is 21.3 Å². The fourth-order valence-corrected chi connectivity index (χ4v) is 2.10. The van der Waals surface area contributed by atoms with Gasteiger partial charge in [0.2, 0.25) is 0 Å². The van der Waals surface area contributed by atoms with Crippen molar-refractivity contribution in [3.63, 3.8) is 0 Å². The molecule has 1 unspecified atom stereocenters. The van der Waals surface area contributed by atoms with E-state index in [0.717, 1.165) is 11.3 Å². The normalized spacial score (nSPS) is 11.8. The van der Waals surface area contributed by atoms with Crippen LogP contribution in [0, 0.1) is 0 Å². The molecule has 2 rings (SSSR count). The number of ether oxygens (including phenoxy) is 2. The second-order valence-electron chi connectivity index (χ2n) is 4.23. The van der Waals surface area contributed by atoms with Gasteiger partial charge in [-0.05, 0) is 42.0 Å². The van der Waals surface area contributed by atoms with Gasteiger partial charge in [0.05, 0.1) is 14.2 Å². The minimum absolute atomic E-state index is 0.139. The molecule has 20 heavy (non-hydrogen) atoms. The van der Waals surface area contributed by atoms with Crippen molar-refractivity contribution in [3.05, 3.63) is 59.7 Å². The molecule has 0 bridgehead atoms. The summed E-state index contributed by atoms with van der Waals surface area (Å²) >= 11 is 6.24. The summed E-state index contributed by atoms with van der Waals surface area (Å²) in [6, 6.07) is 14.0. The Balaban J connectivity index is 2.17. The van der Waals surface area contributed by atoms with Crippen LogP contribution < -0.4 is 9.47 Å². The molecule has 2 aromatic carbocycles. The third kappa shape index (κ3) is 3.11. The molecule has 3 nitrogen and oxygen atoms in total. The highest BCUT2D eigenvalue weighted by atomic mass is 35.5. The molecule has 0 radical (unpaired) electrons. The Morgan fingerprint density at radius 2 is 1.35 bits per heavy atom. The van der Waals surface area contributed by atoms with Gasteiger partial charge in [-0.15, -0.1) is 11.6 Å². The maximum Gasteiger partial charge on any atom is 0.185 e. The highest BCUT2D eigenvalue weighted by Crippen LogP contribution is 2.27. The van der Waals surface area contributed by atoms with Crippen LogP contribution in [-0.4, -0.2) is 20.0 Å². The van der Waals surface area contributed by atoms with Gasteiger partial charge in [-0.3, -0.25) is 4.79 Å². The van der Waals surface area contributed by atoms with Crippen LogP contribution >= 0.6 is 11.6 Å². The molecule has 104 valence electrons. The van der Waals surface area contributed by atoms with Crippen molar-refractivity contribution in [3.8, 4) is 11.5 Å². The lowest BCUT2D eigenvalue weighted by molar-refractivity contribution is 0.0987. The zero-order chi connectivity index (χ0) is 14.5. The lowest BCUT2D eigenvalue weighted by Gasteiger charge is -2.10. The number of rotatable bonds is 5. The van der Waals surface area contributed by atoms with Crippen molar-refractivity contribution in [1.82, 2.24) is 0 Å². The molecule has 0 fully saturated rings. The number of hydrogen-bond acceptors (Lipinski definition) is 3. The third-order valence-corrected chi connectivity index (χ3v) is 3.46. The van der Waals surface area contributed by atoms with Crippen LogP contribution in [0.15, 0.2) is 48.5 Å². The summed E-state index contributed by atoms with van der Waals surface area (Å²) in [5.41, 5.74) is 1.30. The molecule has 4 heteroatoms. The standard InChI is InChI=1S/C16H15ClO3/c1-19-13-7-3-11(4-8-13)15(17)16(18)12-5-9-14(20-2)10-6-12/h3-10,15H,1-2H3. The number of benzene rings is 2. The second-order valence-corrected chi connectivity index (χ2v) is 4.66. The quantitative estimate of drug-likeness (QED) is 0.619. The van der Waals surface area contributed by atoms with E-state index in [1.54, 1.807) is 62.8 Å². The number of carbonyl (C=O) groups is 1. The second kappa shape index (κ2) is 6.44. The Kier molecular flexibility index (Phi) is 4.64. The van der Waals surface area contributed by atoms with E-state index < -0.39 is 5.38 Å². The summed E-state index contributed by atoms with van der Waals surface area (Å²) < 4.78 is 10.1. The lowest BCUT2D eigenvalue weighted by atomic mass is 10.0. The Hall–Kier alpha value is -2.00. The molecular formula is C16H15ClO3. The molecule has 0 spiro atoms. The number of carbonyl (C=O) groups excluding carboxylic acids is 1. The number of alkyl halides is 1. The van der Waals surface area contributed by atoms with Crippen molar-refractivity contribution >= 4 is 17.4 Å². The van der Waals surface area contributed by atoms with E-state index in [2.05, 4.69) is 0 Å². The molecule has 0 aliphatic carbocycles. The third-order valence-electron chi connectivity index (χ3n) is 3.01. The fraction of sp³-hybridized carbons (Fsp3) is 0.188. The summed E-state index contributed by atoms with van der Waals surface area (Å²) in [7, 11) is 3.17. The number of halogens is 1. The van der Waals surface area contributed by atoms with Gasteiger partial charge < -0.3 is 9.47 Å². The first-order chi connectivity index (χ1) is 9.65. The van der Waals surface area contributed by atoms with E-state index >= 15 is 0 Å². The molecule has 1 atom stereocenters. The van der Waals surface area contributed by atoms with Crippen molar-refractivity contribution in [2.75, 3.05) is 14.2 Å². The van der Waals surface area contributed by atoms with Gasteiger partial charge >= 0.3 is 0 Å². The zero-order valence-electron chi connectivity index (χ0n) is 11.3. The van der Waals surface area contributed by atoms with Gasteiger partial charge in [0.15, 0.2) is 5.78 Å². The predicted octanol–water partition coefficient (Wildman–Crippen LogP) is 3.87. The van der Waals surface area contributed by atoms with E-state index in [-0.39, 0.29) is 5.78 Å². The maximum absolute atomic E-state index is 12.3. The van der Waals surface area contributed by atoms with Crippen LogP contribution in [0.5, 0.6) is 11.5 Å². The van der Waals surface area contributed by atoms with Crippen molar-refractivity contribution < 1.29 is 14.3 Å². The molecular weight excluding hydrogens is 276 g/mol. The molecule has 2 aromatic rings. The van der Waals surface area contributed by atoms with E-state index in [0.29, 0.717) is 11.3 Å². The minimum Gasteiger partial charge on any atom is -0.497 e. The van der Waals surface area contributed by atoms with Crippen LogP contribution in [0.25, 0.3) is 0 Å². The van der Waals surface area contributed by atoms with Gasteiger partial charge in [0.25, 0.3) is 0 Å². The molecule has 0 amide bonds. The largest absolute Gasteiger partial charge is 0.497 e. The summed E-state index contributed by atoms with van der Waals surface area (Å²) in [5, 5.41) is -0.714. The molecule has 0 aliphatic heterocycles. The zero-order valence-corrected chi connectivity index (χ0v) is 12.1. The Morgan fingerprint density at radius 3 is 1.80 bits per heavy atom. The van der Waals surface area contributed by atoms with Crippen LogP contribution in [0.4, 0.5) is 0 Å². The molecule has 0 saturated carbocycles. The van der Waals surface area contributed by atoms with Gasteiger partial charge in [-0.2, -0.15) is 0 Å². The van der Waals surface area contributed by atoms with Crippen molar-refractivity contribution in [1.29, 1.82) is 0 Å². The SMILES string of the molecule is COc1ccc(C(=O)C(Cl)c2ccc(OC)cc2)cc1. The minimum atomic E-state index is -0.714. The first-order valence-corrected chi connectivity index (χ1v) is 6.55. The van der Waals surface area contributed by atoms with Gasteiger partial charge in [-0.1, -0.05) is 12.1 Å². The number of ketones is 1. The summed E-state index contributed by atoms with van der Waals surface area (Å²) in [5.74, 6) is 1.30. The highest BCUT2D eigenvalue weighted by molar-refractivity contribution is 6.33. The summed E-state index contributed by atoms with van der Waals surface area (Å²) in [6.45, 7) is 0. The maximum atomic E-state index is 12.3. The number of Topliss-reactive ketones (excluding diaryl/α,β-unsaturated/α-hetero) is 1. The van der Waals surface area contributed by atoms with Gasteiger partial charge in [-0.25, -0.2) is 0 Å². The smallest absolute Gasteiger partial charge is 0.185 e. The number of hydrogen-bond donors (Lipinski definition) is 0. The first-order valence-electron chi connectivity index (χ1n) is 6.12. The molecule has 0 heterocycles. The average molecular weight is 291 g/mol. The Labute approximate surface area is 123 Å². The molecule has 0 aliphatic rings. The Morgan fingerprint density at radius 1 is 0.900 bits per heavy atom. The van der Waals surface area contributed by atoms with E-state index in [9.17, 15) is 4.79 Å². The monoisotopic (exact) mass is 290 g/mol. The molecule has 0 N–H and O–H groups in total. The topological polar surface area (TPSA) is 35.5 Å². The van der Waals surface area contributed by atoms with Crippen LogP contribution in [-0.2, 0) is 0 Å². The van der Waals surface area contributed by atoms with Crippen LogP contribution in [0.2, 0.25) is 0 Å². The predicted molar refractivity (Wildman–Crippen MR) is 78.9 cm³/mol. The summed E-state index contributed by atoms with van der Waals surface area (Å²) in [4.78, 5) is 12.3. The van der Waals surface area contributed by atoms with E-state index in [1.165, 1.54) is 0 Å². The van der Waals surface area contributed by atoms with E-state index in [1.807, 2.05) is 0 Å². The van der Waals surface area contributed by atoms with Gasteiger partial charge in [0, 0.05) is 5.56 Å². The van der Waals surface area contributed by atoms with Crippen molar-refractivity contribution in [2.45, 2.75) is 5.38 Å². The highest BCUT2D eigenvalue weighted by Gasteiger charge is 2.19. The van der Waals surface area contributed by atoms with Crippen molar-refractivity contribution in [2.24, 2.45) is 0 Å². The molecule has 0 aromatic heterocycles. The lowest BCUT2D eigenvalue weighted by Crippen LogP contribution is -2.07. The fourth-order valence-electron chi connectivity index (χ4n) is 1.83. The Bertz CT molecular complexity index is 576.